The number of hydrogen-bond donors (Lipinski definition) is 1. The Bertz CT molecular complexity index is 327. The molecule has 0 radical (unpaired) electrons. The molecule has 0 aliphatic rings. The van der Waals surface area contributed by atoms with Crippen LogP contribution >= 0.6 is 11.6 Å². The van der Waals surface area contributed by atoms with Gasteiger partial charge < -0.3 is 10.6 Å². The van der Waals surface area contributed by atoms with Gasteiger partial charge in [0.1, 0.15) is 0 Å². The molecular weight excluding hydrogens is 196 g/mol. The SMILES string of the molecule is CN(C)c1ccc(C(C)(C)N)cc1Cl. The van der Waals surface area contributed by atoms with E-state index in [1.165, 1.54) is 0 Å². The van der Waals surface area contributed by atoms with E-state index in [4.69, 9.17) is 17.3 Å². The average Bonchev–Trinajstić information content (AvgIpc) is 2.01. The van der Waals surface area contributed by atoms with Gasteiger partial charge in [0, 0.05) is 19.6 Å². The molecule has 0 aromatic heterocycles. The van der Waals surface area contributed by atoms with Crippen LogP contribution in [0.1, 0.15) is 19.4 Å². The number of halogens is 1. The van der Waals surface area contributed by atoms with Gasteiger partial charge in [-0.1, -0.05) is 17.7 Å². The second-order valence-corrected chi connectivity index (χ2v) is 4.69. The van der Waals surface area contributed by atoms with Crippen LogP contribution in [-0.4, -0.2) is 14.1 Å². The maximum atomic E-state index is 6.13. The second kappa shape index (κ2) is 3.79. The Morgan fingerprint density at radius 3 is 2.21 bits per heavy atom. The van der Waals surface area contributed by atoms with Crippen LogP contribution in [0.5, 0.6) is 0 Å². The molecule has 1 aromatic rings. The average molecular weight is 213 g/mol. The second-order valence-electron chi connectivity index (χ2n) is 4.28. The van der Waals surface area contributed by atoms with Gasteiger partial charge in [0.25, 0.3) is 0 Å². The third-order valence-corrected chi connectivity index (χ3v) is 2.48. The van der Waals surface area contributed by atoms with Crippen LogP contribution in [0.2, 0.25) is 5.02 Å². The van der Waals surface area contributed by atoms with Crippen molar-refractivity contribution in [2.24, 2.45) is 5.73 Å². The first-order valence-electron chi connectivity index (χ1n) is 4.58. The van der Waals surface area contributed by atoms with Crippen LogP contribution in [0.15, 0.2) is 18.2 Å². The van der Waals surface area contributed by atoms with Gasteiger partial charge in [0.15, 0.2) is 0 Å². The topological polar surface area (TPSA) is 29.3 Å². The summed E-state index contributed by atoms with van der Waals surface area (Å²) in [5.41, 5.74) is 7.70. The molecule has 0 heterocycles. The minimum absolute atomic E-state index is 0.339. The van der Waals surface area contributed by atoms with Crippen molar-refractivity contribution in [3.63, 3.8) is 0 Å². The molecule has 78 valence electrons. The van der Waals surface area contributed by atoms with Gasteiger partial charge in [-0.25, -0.2) is 0 Å². The molecule has 0 aliphatic carbocycles. The lowest BCUT2D eigenvalue weighted by Gasteiger charge is -2.22. The van der Waals surface area contributed by atoms with E-state index in [-0.39, 0.29) is 5.54 Å². The predicted molar refractivity (Wildman–Crippen MR) is 63.0 cm³/mol. The van der Waals surface area contributed by atoms with Gasteiger partial charge in [0.2, 0.25) is 0 Å². The summed E-state index contributed by atoms with van der Waals surface area (Å²) >= 11 is 6.13. The number of hydrogen-bond acceptors (Lipinski definition) is 2. The largest absolute Gasteiger partial charge is 0.376 e. The quantitative estimate of drug-likeness (QED) is 0.817. The zero-order chi connectivity index (χ0) is 10.9. The van der Waals surface area contributed by atoms with Crippen LogP contribution in [0.25, 0.3) is 0 Å². The Hall–Kier alpha value is -0.730. The van der Waals surface area contributed by atoms with Crippen molar-refractivity contribution in [1.29, 1.82) is 0 Å². The fourth-order valence-corrected chi connectivity index (χ4v) is 1.62. The first-order valence-corrected chi connectivity index (χ1v) is 4.96. The summed E-state index contributed by atoms with van der Waals surface area (Å²) in [4.78, 5) is 1.98. The van der Waals surface area contributed by atoms with Crippen molar-refractivity contribution in [1.82, 2.24) is 0 Å². The van der Waals surface area contributed by atoms with Crippen LogP contribution in [0, 0.1) is 0 Å². The Morgan fingerprint density at radius 2 is 1.86 bits per heavy atom. The molecule has 0 fully saturated rings. The summed E-state index contributed by atoms with van der Waals surface area (Å²) in [7, 11) is 3.93. The molecule has 0 aliphatic heterocycles. The van der Waals surface area contributed by atoms with Gasteiger partial charge >= 0.3 is 0 Å². The van der Waals surface area contributed by atoms with Gasteiger partial charge in [-0.05, 0) is 31.5 Å². The lowest BCUT2D eigenvalue weighted by atomic mass is 9.95. The molecule has 14 heavy (non-hydrogen) atoms. The summed E-state index contributed by atoms with van der Waals surface area (Å²) in [5.74, 6) is 0. The van der Waals surface area contributed by atoms with Crippen molar-refractivity contribution in [3.8, 4) is 0 Å². The van der Waals surface area contributed by atoms with Crippen molar-refractivity contribution in [3.05, 3.63) is 28.8 Å². The van der Waals surface area contributed by atoms with Gasteiger partial charge in [-0.15, -0.1) is 0 Å². The van der Waals surface area contributed by atoms with Crippen molar-refractivity contribution in [2.75, 3.05) is 19.0 Å². The molecule has 0 bridgehead atoms. The molecular formula is C11H17ClN2. The summed E-state index contributed by atoms with van der Waals surface area (Å²) in [5, 5.41) is 0.742. The van der Waals surface area contributed by atoms with E-state index >= 15 is 0 Å². The third-order valence-electron chi connectivity index (χ3n) is 2.17. The van der Waals surface area contributed by atoms with E-state index in [1.54, 1.807) is 0 Å². The highest BCUT2D eigenvalue weighted by atomic mass is 35.5. The normalized spacial score (nSPS) is 11.6. The maximum absolute atomic E-state index is 6.13. The van der Waals surface area contributed by atoms with E-state index in [1.807, 2.05) is 51.0 Å². The van der Waals surface area contributed by atoms with E-state index in [0.29, 0.717) is 0 Å². The van der Waals surface area contributed by atoms with Gasteiger partial charge in [0.05, 0.1) is 10.7 Å². The zero-order valence-corrected chi connectivity index (χ0v) is 9.89. The number of nitrogens with two attached hydrogens (primary N) is 1. The van der Waals surface area contributed by atoms with Crippen molar-refractivity contribution >= 4 is 17.3 Å². The fraction of sp³-hybridized carbons (Fsp3) is 0.455. The Kier molecular flexibility index (Phi) is 3.07. The van der Waals surface area contributed by atoms with Gasteiger partial charge in [-0.2, -0.15) is 0 Å². The Labute approximate surface area is 90.7 Å². The summed E-state index contributed by atoms with van der Waals surface area (Å²) in [6.45, 7) is 3.93. The van der Waals surface area contributed by atoms with Crippen molar-refractivity contribution in [2.45, 2.75) is 19.4 Å². The minimum Gasteiger partial charge on any atom is -0.376 e. The molecule has 3 heteroatoms. The summed E-state index contributed by atoms with van der Waals surface area (Å²) < 4.78 is 0. The summed E-state index contributed by atoms with van der Waals surface area (Å²) in [6.07, 6.45) is 0. The zero-order valence-electron chi connectivity index (χ0n) is 9.13. The summed E-state index contributed by atoms with van der Waals surface area (Å²) in [6, 6.07) is 5.93. The molecule has 0 saturated carbocycles. The molecule has 2 N–H and O–H groups in total. The van der Waals surface area contributed by atoms with Crippen LogP contribution in [-0.2, 0) is 5.54 Å². The predicted octanol–water partition coefficient (Wildman–Crippen LogP) is 2.60. The van der Waals surface area contributed by atoms with Gasteiger partial charge in [-0.3, -0.25) is 0 Å². The Morgan fingerprint density at radius 1 is 1.29 bits per heavy atom. The first-order chi connectivity index (χ1) is 6.32. The molecule has 0 amide bonds. The molecule has 1 aromatic carbocycles. The number of anilines is 1. The number of benzene rings is 1. The van der Waals surface area contributed by atoms with E-state index < -0.39 is 0 Å². The third kappa shape index (κ3) is 2.40. The lowest BCUT2D eigenvalue weighted by molar-refractivity contribution is 0.554. The van der Waals surface area contributed by atoms with E-state index in [0.717, 1.165) is 16.3 Å². The molecule has 1 rings (SSSR count). The highest BCUT2D eigenvalue weighted by Gasteiger charge is 2.15. The van der Waals surface area contributed by atoms with Crippen LogP contribution in [0.4, 0.5) is 5.69 Å². The highest BCUT2D eigenvalue weighted by molar-refractivity contribution is 6.33. The van der Waals surface area contributed by atoms with E-state index in [9.17, 15) is 0 Å². The Balaban J connectivity index is 3.13. The smallest absolute Gasteiger partial charge is 0.0642 e. The maximum Gasteiger partial charge on any atom is 0.0642 e. The molecule has 0 unspecified atom stereocenters. The van der Waals surface area contributed by atoms with Crippen LogP contribution in [0.3, 0.4) is 0 Å². The van der Waals surface area contributed by atoms with E-state index in [2.05, 4.69) is 0 Å². The highest BCUT2D eigenvalue weighted by Crippen LogP contribution is 2.28. The minimum atomic E-state index is -0.339. The first kappa shape index (κ1) is 11.3. The number of rotatable bonds is 2. The lowest BCUT2D eigenvalue weighted by Crippen LogP contribution is -2.28. The molecule has 0 spiro atoms. The fourth-order valence-electron chi connectivity index (χ4n) is 1.27. The molecule has 0 saturated heterocycles. The van der Waals surface area contributed by atoms with Crippen LogP contribution < -0.4 is 10.6 Å². The molecule has 2 nitrogen and oxygen atoms in total. The molecule has 0 atom stereocenters. The monoisotopic (exact) mass is 212 g/mol. The number of nitrogens with zero attached hydrogens (tertiary/aromatic N) is 1. The standard InChI is InChI=1S/C11H17ClN2/c1-11(2,13)8-5-6-10(14(3)4)9(12)7-8/h5-7H,13H2,1-4H3. The van der Waals surface area contributed by atoms with Crippen molar-refractivity contribution < 1.29 is 0 Å².